The van der Waals surface area contributed by atoms with Crippen molar-refractivity contribution in [2.75, 3.05) is 0 Å². The molecule has 0 aliphatic heterocycles. The summed E-state index contributed by atoms with van der Waals surface area (Å²) in [6.07, 6.45) is 0. The number of phosphoric acid groups is 1. The molecule has 0 aromatic heterocycles. The molecule has 0 spiro atoms. The Morgan fingerprint density at radius 1 is 1.06 bits per heavy atom. The third-order valence-corrected chi connectivity index (χ3v) is 2.75. The summed E-state index contributed by atoms with van der Waals surface area (Å²) in [7, 11) is -4.44. The molecule has 0 saturated heterocycles. The van der Waals surface area contributed by atoms with Gasteiger partial charge in [-0.25, -0.2) is 4.57 Å². The minimum Gasteiger partial charge on any atom is -0.508 e. The fourth-order valence-electron chi connectivity index (χ4n) is 1.53. The molecule has 17 heavy (non-hydrogen) atoms. The Hall–Kier alpha value is -1.39. The highest BCUT2D eigenvalue weighted by molar-refractivity contribution is 7.46. The molecule has 0 aliphatic carbocycles. The van der Waals surface area contributed by atoms with Gasteiger partial charge < -0.3 is 14.9 Å². The molecule has 0 aliphatic rings. The van der Waals surface area contributed by atoms with Crippen LogP contribution in [-0.4, -0.2) is 14.9 Å². The van der Waals surface area contributed by atoms with E-state index in [0.29, 0.717) is 5.56 Å². The van der Waals surface area contributed by atoms with E-state index in [1.165, 1.54) is 0 Å². The van der Waals surface area contributed by atoms with Gasteiger partial charge in [-0.1, -0.05) is 18.2 Å². The topological polar surface area (TPSA) is 87.0 Å². The van der Waals surface area contributed by atoms with E-state index in [9.17, 15) is 9.67 Å². The molecule has 0 bridgehead atoms. The van der Waals surface area contributed by atoms with Crippen LogP contribution in [0.3, 0.4) is 0 Å². The van der Waals surface area contributed by atoms with Gasteiger partial charge in [0.05, 0.1) is 6.61 Å². The van der Waals surface area contributed by atoms with Gasteiger partial charge in [-0.15, -0.1) is 0 Å². The molecule has 90 valence electrons. The van der Waals surface area contributed by atoms with E-state index in [4.69, 9.17) is 9.79 Å². The summed E-state index contributed by atoms with van der Waals surface area (Å²) >= 11 is 0. The first-order valence-electron chi connectivity index (χ1n) is 4.86. The van der Waals surface area contributed by atoms with Gasteiger partial charge in [0.25, 0.3) is 0 Å². The average molecular weight is 254 g/mol. The number of hydrogen-bond donors (Lipinski definition) is 3. The Bertz CT molecular complexity index is 589. The minimum absolute atomic E-state index is 0.152. The Kier molecular flexibility index (Phi) is 3.17. The van der Waals surface area contributed by atoms with Crippen molar-refractivity contribution in [1.82, 2.24) is 0 Å². The SMILES string of the molecule is O=P(O)(O)OCc1ccc2cc(O)ccc2c1. The van der Waals surface area contributed by atoms with Gasteiger partial charge in [0.1, 0.15) is 5.75 Å². The maximum absolute atomic E-state index is 10.6. The zero-order chi connectivity index (χ0) is 12.5. The lowest BCUT2D eigenvalue weighted by atomic mass is 10.1. The predicted octanol–water partition coefficient (Wildman–Crippen LogP) is 2.15. The summed E-state index contributed by atoms with van der Waals surface area (Å²) in [6, 6.07) is 10.1. The molecule has 2 aromatic carbocycles. The number of phosphoric ester groups is 1. The second-order valence-electron chi connectivity index (χ2n) is 3.63. The van der Waals surface area contributed by atoms with Crippen LogP contribution in [0.15, 0.2) is 36.4 Å². The maximum Gasteiger partial charge on any atom is 0.469 e. The second-order valence-corrected chi connectivity index (χ2v) is 4.87. The Labute approximate surface area is 97.5 Å². The molecule has 0 amide bonds. The van der Waals surface area contributed by atoms with Crippen LogP contribution in [0.2, 0.25) is 0 Å². The molecule has 0 radical (unpaired) electrons. The monoisotopic (exact) mass is 254 g/mol. The van der Waals surface area contributed by atoms with Crippen LogP contribution in [0.25, 0.3) is 10.8 Å². The maximum atomic E-state index is 10.6. The minimum atomic E-state index is -4.44. The van der Waals surface area contributed by atoms with Crippen LogP contribution in [0.1, 0.15) is 5.56 Å². The number of benzene rings is 2. The quantitative estimate of drug-likeness (QED) is 0.730. The van der Waals surface area contributed by atoms with Crippen molar-refractivity contribution < 1.29 is 24.0 Å². The van der Waals surface area contributed by atoms with Crippen LogP contribution in [-0.2, 0) is 15.7 Å². The third-order valence-electron chi connectivity index (χ3n) is 2.29. The van der Waals surface area contributed by atoms with E-state index in [2.05, 4.69) is 4.52 Å². The zero-order valence-electron chi connectivity index (χ0n) is 8.78. The van der Waals surface area contributed by atoms with Gasteiger partial charge in [-0.2, -0.15) is 0 Å². The highest BCUT2D eigenvalue weighted by atomic mass is 31.2. The van der Waals surface area contributed by atoms with Gasteiger partial charge >= 0.3 is 7.82 Å². The molecule has 0 saturated carbocycles. The van der Waals surface area contributed by atoms with Gasteiger partial charge in [-0.3, -0.25) is 4.52 Å². The van der Waals surface area contributed by atoms with Crippen molar-refractivity contribution in [3.63, 3.8) is 0 Å². The molecule has 2 aromatic rings. The number of rotatable bonds is 3. The van der Waals surface area contributed by atoms with Crippen molar-refractivity contribution in [3.05, 3.63) is 42.0 Å². The summed E-state index contributed by atoms with van der Waals surface area (Å²) in [4.78, 5) is 17.2. The highest BCUT2D eigenvalue weighted by Gasteiger charge is 2.13. The zero-order valence-corrected chi connectivity index (χ0v) is 9.67. The lowest BCUT2D eigenvalue weighted by Gasteiger charge is -2.06. The molecule has 0 atom stereocenters. The van der Waals surface area contributed by atoms with Gasteiger partial charge in [-0.05, 0) is 34.5 Å². The number of phenolic OH excluding ortho intramolecular Hbond substituents is 1. The molecule has 2 rings (SSSR count). The molecule has 3 N–H and O–H groups in total. The first-order chi connectivity index (χ1) is 7.94. The number of hydrogen-bond acceptors (Lipinski definition) is 3. The van der Waals surface area contributed by atoms with E-state index in [1.807, 2.05) is 0 Å². The van der Waals surface area contributed by atoms with Gasteiger partial charge in [0.2, 0.25) is 0 Å². The lowest BCUT2D eigenvalue weighted by molar-refractivity contribution is 0.189. The summed E-state index contributed by atoms with van der Waals surface area (Å²) in [6.45, 7) is -0.152. The van der Waals surface area contributed by atoms with Crippen LogP contribution in [0.4, 0.5) is 0 Å². The van der Waals surface area contributed by atoms with Crippen LogP contribution >= 0.6 is 7.82 Å². The molecule has 0 unspecified atom stereocenters. The van der Waals surface area contributed by atoms with E-state index in [0.717, 1.165) is 10.8 Å². The number of aromatic hydroxyl groups is 1. The van der Waals surface area contributed by atoms with Crippen molar-refractivity contribution in [3.8, 4) is 5.75 Å². The summed E-state index contributed by atoms with van der Waals surface area (Å²) < 4.78 is 15.0. The largest absolute Gasteiger partial charge is 0.508 e. The van der Waals surface area contributed by atoms with Crippen molar-refractivity contribution in [1.29, 1.82) is 0 Å². The van der Waals surface area contributed by atoms with Crippen molar-refractivity contribution in [2.24, 2.45) is 0 Å². The van der Waals surface area contributed by atoms with E-state index >= 15 is 0 Å². The van der Waals surface area contributed by atoms with E-state index < -0.39 is 7.82 Å². The lowest BCUT2D eigenvalue weighted by Crippen LogP contribution is -1.90. The van der Waals surface area contributed by atoms with Gasteiger partial charge in [0.15, 0.2) is 0 Å². The fourth-order valence-corrected chi connectivity index (χ4v) is 1.85. The molecular formula is C11H11O5P. The Morgan fingerprint density at radius 3 is 2.41 bits per heavy atom. The van der Waals surface area contributed by atoms with Crippen LogP contribution < -0.4 is 0 Å². The Morgan fingerprint density at radius 2 is 1.71 bits per heavy atom. The summed E-state index contributed by atoms with van der Waals surface area (Å²) in [5.41, 5.74) is 0.659. The molecular weight excluding hydrogens is 243 g/mol. The molecule has 0 fully saturated rings. The van der Waals surface area contributed by atoms with Gasteiger partial charge in [0, 0.05) is 0 Å². The van der Waals surface area contributed by atoms with Crippen molar-refractivity contribution >= 4 is 18.6 Å². The second kappa shape index (κ2) is 4.47. The standard InChI is InChI=1S/C11H11O5P/c12-11-4-3-9-5-8(1-2-10(9)6-11)7-16-17(13,14)15/h1-6,12H,7H2,(H2,13,14,15). The smallest absolute Gasteiger partial charge is 0.469 e. The summed E-state index contributed by atoms with van der Waals surface area (Å²) in [5.74, 6) is 0.178. The highest BCUT2D eigenvalue weighted by Crippen LogP contribution is 2.37. The molecule has 6 heteroatoms. The Balaban J connectivity index is 2.26. The van der Waals surface area contributed by atoms with E-state index in [1.54, 1.807) is 36.4 Å². The number of phenols is 1. The van der Waals surface area contributed by atoms with Crippen molar-refractivity contribution in [2.45, 2.75) is 6.61 Å². The normalized spacial score (nSPS) is 11.9. The average Bonchev–Trinajstić information content (AvgIpc) is 2.25. The van der Waals surface area contributed by atoms with Crippen LogP contribution in [0.5, 0.6) is 5.75 Å². The predicted molar refractivity (Wildman–Crippen MR) is 62.4 cm³/mol. The number of fused-ring (bicyclic) bond motifs is 1. The summed E-state index contributed by atoms with van der Waals surface area (Å²) in [5, 5.41) is 11.0. The third kappa shape index (κ3) is 3.28. The fraction of sp³-hybridized carbons (Fsp3) is 0.0909. The first kappa shape index (κ1) is 12.1. The van der Waals surface area contributed by atoms with E-state index in [-0.39, 0.29) is 12.4 Å². The molecule has 5 nitrogen and oxygen atoms in total. The first-order valence-corrected chi connectivity index (χ1v) is 6.39. The molecule has 0 heterocycles. The van der Waals surface area contributed by atoms with Crippen LogP contribution in [0, 0.1) is 0 Å².